The molecule has 0 saturated heterocycles. The first kappa shape index (κ1) is 16.5. The van der Waals surface area contributed by atoms with E-state index in [0.29, 0.717) is 18.1 Å². The van der Waals surface area contributed by atoms with Crippen LogP contribution in [-0.2, 0) is 4.79 Å². The quantitative estimate of drug-likeness (QED) is 0.784. The lowest BCUT2D eigenvalue weighted by atomic mass is 10.1. The maximum atomic E-state index is 12.2. The summed E-state index contributed by atoms with van der Waals surface area (Å²) in [5, 5.41) is 12.1. The molecule has 1 atom stereocenters. The van der Waals surface area contributed by atoms with Crippen LogP contribution < -0.4 is 10.1 Å². The molecule has 2 aromatic rings. The van der Waals surface area contributed by atoms with Crippen molar-refractivity contribution in [1.82, 2.24) is 5.32 Å². The number of para-hydroxylation sites is 1. The molecule has 1 aliphatic carbocycles. The Kier molecular flexibility index (Phi) is 5.49. The summed E-state index contributed by atoms with van der Waals surface area (Å²) in [5.41, 5.74) is 2.03. The Bertz CT molecular complexity index is 668. The smallest absolute Gasteiger partial charge is 0.258 e. The number of carbonyl (C=O) groups excluding carboxylic acids is 1. The third kappa shape index (κ3) is 4.36. The van der Waals surface area contributed by atoms with Crippen LogP contribution >= 0.6 is 0 Å². The molecule has 1 saturated carbocycles. The van der Waals surface area contributed by atoms with Gasteiger partial charge in [0.25, 0.3) is 5.91 Å². The minimum Gasteiger partial charge on any atom is -0.483 e. The SMILES string of the molecule is O=C(COc1ccccc1-c1ccccc1)NC(CCO)C1CC1. The standard InChI is InChI=1S/C20H23NO3/c22-13-12-18(16-10-11-16)21-20(23)14-24-19-9-5-4-8-17(19)15-6-2-1-3-7-15/h1-9,16,18,22H,10-14H2,(H,21,23). The number of benzene rings is 2. The van der Waals surface area contributed by atoms with Crippen molar-refractivity contribution in [1.29, 1.82) is 0 Å². The van der Waals surface area contributed by atoms with Crippen LogP contribution in [0.4, 0.5) is 0 Å². The lowest BCUT2D eigenvalue weighted by Crippen LogP contribution is -2.39. The zero-order chi connectivity index (χ0) is 16.8. The van der Waals surface area contributed by atoms with Gasteiger partial charge in [0.2, 0.25) is 0 Å². The van der Waals surface area contributed by atoms with Gasteiger partial charge in [-0.05, 0) is 36.8 Å². The van der Waals surface area contributed by atoms with Gasteiger partial charge in [0, 0.05) is 18.2 Å². The van der Waals surface area contributed by atoms with Gasteiger partial charge in [0.05, 0.1) is 0 Å². The molecule has 4 nitrogen and oxygen atoms in total. The van der Waals surface area contributed by atoms with E-state index in [2.05, 4.69) is 5.32 Å². The Morgan fingerprint density at radius 1 is 1.12 bits per heavy atom. The monoisotopic (exact) mass is 325 g/mol. The van der Waals surface area contributed by atoms with Crippen molar-refractivity contribution in [2.45, 2.75) is 25.3 Å². The van der Waals surface area contributed by atoms with Crippen molar-refractivity contribution in [3.05, 3.63) is 54.6 Å². The molecule has 1 unspecified atom stereocenters. The molecule has 24 heavy (non-hydrogen) atoms. The highest BCUT2D eigenvalue weighted by Gasteiger charge is 2.31. The summed E-state index contributed by atoms with van der Waals surface area (Å²) < 4.78 is 5.76. The highest BCUT2D eigenvalue weighted by molar-refractivity contribution is 5.78. The highest BCUT2D eigenvalue weighted by Crippen LogP contribution is 2.34. The third-order valence-corrected chi connectivity index (χ3v) is 4.31. The van der Waals surface area contributed by atoms with Crippen molar-refractivity contribution in [2.75, 3.05) is 13.2 Å². The second kappa shape index (κ2) is 7.97. The number of rotatable bonds is 8. The molecular formula is C20H23NO3. The molecule has 126 valence electrons. The van der Waals surface area contributed by atoms with Crippen LogP contribution in [0.1, 0.15) is 19.3 Å². The molecule has 1 fully saturated rings. The van der Waals surface area contributed by atoms with Gasteiger partial charge in [-0.15, -0.1) is 0 Å². The van der Waals surface area contributed by atoms with E-state index < -0.39 is 0 Å². The van der Waals surface area contributed by atoms with E-state index in [4.69, 9.17) is 9.84 Å². The maximum Gasteiger partial charge on any atom is 0.258 e. The first-order valence-corrected chi connectivity index (χ1v) is 8.45. The Morgan fingerprint density at radius 2 is 1.83 bits per heavy atom. The molecule has 3 rings (SSSR count). The summed E-state index contributed by atoms with van der Waals surface area (Å²) in [6, 6.07) is 17.8. The molecule has 0 heterocycles. The molecular weight excluding hydrogens is 302 g/mol. The first-order chi connectivity index (χ1) is 11.8. The minimum absolute atomic E-state index is 0.0154. The summed E-state index contributed by atoms with van der Waals surface area (Å²) in [6.45, 7) is 0.0810. The number of hydrogen-bond acceptors (Lipinski definition) is 3. The van der Waals surface area contributed by atoms with E-state index in [-0.39, 0.29) is 25.2 Å². The predicted molar refractivity (Wildman–Crippen MR) is 93.7 cm³/mol. The van der Waals surface area contributed by atoms with E-state index in [1.807, 2.05) is 54.6 Å². The van der Waals surface area contributed by atoms with Crippen LogP contribution in [0.5, 0.6) is 5.75 Å². The van der Waals surface area contributed by atoms with Gasteiger partial charge < -0.3 is 15.2 Å². The van der Waals surface area contributed by atoms with Crippen molar-refractivity contribution >= 4 is 5.91 Å². The van der Waals surface area contributed by atoms with Crippen LogP contribution in [0.2, 0.25) is 0 Å². The molecule has 2 N–H and O–H groups in total. The Morgan fingerprint density at radius 3 is 2.54 bits per heavy atom. The summed E-state index contributed by atoms with van der Waals surface area (Å²) in [4.78, 5) is 12.2. The number of aliphatic hydroxyl groups excluding tert-OH is 1. The fourth-order valence-electron chi connectivity index (χ4n) is 2.90. The van der Waals surface area contributed by atoms with E-state index in [0.717, 1.165) is 24.0 Å². The number of carbonyl (C=O) groups is 1. The fraction of sp³-hybridized carbons (Fsp3) is 0.350. The molecule has 0 radical (unpaired) electrons. The summed E-state index contributed by atoms with van der Waals surface area (Å²) >= 11 is 0. The molecule has 1 amide bonds. The summed E-state index contributed by atoms with van der Waals surface area (Å²) in [6.07, 6.45) is 2.86. The predicted octanol–water partition coefficient (Wildman–Crippen LogP) is 3.01. The van der Waals surface area contributed by atoms with Crippen LogP contribution in [0.3, 0.4) is 0 Å². The Hall–Kier alpha value is -2.33. The van der Waals surface area contributed by atoms with Crippen molar-refractivity contribution in [3.63, 3.8) is 0 Å². The Balaban J connectivity index is 1.61. The molecule has 0 spiro atoms. The maximum absolute atomic E-state index is 12.2. The van der Waals surface area contributed by atoms with E-state index in [1.165, 1.54) is 0 Å². The van der Waals surface area contributed by atoms with E-state index in [1.54, 1.807) is 0 Å². The summed E-state index contributed by atoms with van der Waals surface area (Å²) in [5.74, 6) is 1.07. The number of hydrogen-bond donors (Lipinski definition) is 2. The fourth-order valence-corrected chi connectivity index (χ4v) is 2.90. The van der Waals surface area contributed by atoms with E-state index >= 15 is 0 Å². The number of nitrogens with one attached hydrogen (secondary N) is 1. The van der Waals surface area contributed by atoms with Crippen molar-refractivity contribution < 1.29 is 14.6 Å². The van der Waals surface area contributed by atoms with Gasteiger partial charge >= 0.3 is 0 Å². The first-order valence-electron chi connectivity index (χ1n) is 8.45. The normalized spacial score (nSPS) is 14.9. The van der Waals surface area contributed by atoms with Gasteiger partial charge in [0.15, 0.2) is 6.61 Å². The second-order valence-electron chi connectivity index (χ2n) is 6.17. The largest absolute Gasteiger partial charge is 0.483 e. The van der Waals surface area contributed by atoms with Gasteiger partial charge in [-0.25, -0.2) is 0 Å². The lowest BCUT2D eigenvalue weighted by molar-refractivity contribution is -0.124. The number of amides is 1. The molecule has 0 aromatic heterocycles. The number of aliphatic hydroxyl groups is 1. The third-order valence-electron chi connectivity index (χ3n) is 4.31. The zero-order valence-corrected chi connectivity index (χ0v) is 13.7. The lowest BCUT2D eigenvalue weighted by Gasteiger charge is -2.18. The highest BCUT2D eigenvalue weighted by atomic mass is 16.5. The van der Waals surface area contributed by atoms with Gasteiger partial charge in [-0.2, -0.15) is 0 Å². The topological polar surface area (TPSA) is 58.6 Å². The second-order valence-corrected chi connectivity index (χ2v) is 6.17. The molecule has 4 heteroatoms. The van der Waals surface area contributed by atoms with Gasteiger partial charge in [-0.3, -0.25) is 4.79 Å². The average molecular weight is 325 g/mol. The zero-order valence-electron chi connectivity index (χ0n) is 13.7. The van der Waals surface area contributed by atoms with Gasteiger partial charge in [0.1, 0.15) is 5.75 Å². The molecule has 0 aliphatic heterocycles. The van der Waals surface area contributed by atoms with Crippen LogP contribution in [-0.4, -0.2) is 30.3 Å². The van der Waals surface area contributed by atoms with Crippen LogP contribution in [0.15, 0.2) is 54.6 Å². The molecule has 0 bridgehead atoms. The number of ether oxygens (including phenoxy) is 1. The van der Waals surface area contributed by atoms with Crippen LogP contribution in [0.25, 0.3) is 11.1 Å². The average Bonchev–Trinajstić information content (AvgIpc) is 3.46. The van der Waals surface area contributed by atoms with Crippen molar-refractivity contribution in [3.8, 4) is 16.9 Å². The molecule has 1 aliphatic rings. The Labute approximate surface area is 142 Å². The minimum atomic E-state index is -0.136. The van der Waals surface area contributed by atoms with Gasteiger partial charge in [-0.1, -0.05) is 48.5 Å². The molecule has 2 aromatic carbocycles. The van der Waals surface area contributed by atoms with Crippen molar-refractivity contribution in [2.24, 2.45) is 5.92 Å². The van der Waals surface area contributed by atoms with Crippen LogP contribution in [0, 0.1) is 5.92 Å². The summed E-state index contributed by atoms with van der Waals surface area (Å²) in [7, 11) is 0. The van der Waals surface area contributed by atoms with E-state index in [9.17, 15) is 4.79 Å².